The zero-order valence-electron chi connectivity index (χ0n) is 11.7. The lowest BCUT2D eigenvalue weighted by atomic mass is 10.0. The van der Waals surface area contributed by atoms with Gasteiger partial charge in [0.05, 0.1) is 0 Å². The number of allylic oxidation sites excluding steroid dienone is 3. The third-order valence-electron chi connectivity index (χ3n) is 3.40. The van der Waals surface area contributed by atoms with E-state index in [1.807, 2.05) is 0 Å². The van der Waals surface area contributed by atoms with Gasteiger partial charge in [0.25, 0.3) is 0 Å². The SMILES string of the molecule is CC/C=C(\C)c1cccc(/C(C)=C/NC2CC2)c1. The summed E-state index contributed by atoms with van der Waals surface area (Å²) >= 11 is 0. The number of hydrogen-bond acceptors (Lipinski definition) is 1. The van der Waals surface area contributed by atoms with Crippen LogP contribution in [0.15, 0.2) is 36.5 Å². The fourth-order valence-electron chi connectivity index (χ4n) is 2.01. The standard InChI is InChI=1S/C17H23N/c1-4-6-13(2)15-7-5-8-16(11-15)14(3)12-18-17-9-10-17/h5-8,11-12,17-18H,4,9-10H2,1-3H3/b13-6+,14-12+. The van der Waals surface area contributed by atoms with E-state index in [1.165, 1.54) is 35.1 Å². The third kappa shape index (κ3) is 3.49. The zero-order valence-corrected chi connectivity index (χ0v) is 11.7. The Hall–Kier alpha value is -1.50. The predicted molar refractivity (Wildman–Crippen MR) is 80.2 cm³/mol. The van der Waals surface area contributed by atoms with Crippen molar-refractivity contribution in [3.63, 3.8) is 0 Å². The molecule has 18 heavy (non-hydrogen) atoms. The van der Waals surface area contributed by atoms with Crippen molar-refractivity contribution < 1.29 is 0 Å². The molecule has 1 heteroatoms. The van der Waals surface area contributed by atoms with Gasteiger partial charge in [-0.1, -0.05) is 31.2 Å². The molecular formula is C17H23N. The molecule has 0 atom stereocenters. The molecule has 1 nitrogen and oxygen atoms in total. The third-order valence-corrected chi connectivity index (χ3v) is 3.40. The van der Waals surface area contributed by atoms with E-state index >= 15 is 0 Å². The van der Waals surface area contributed by atoms with Crippen LogP contribution in [0.4, 0.5) is 0 Å². The highest BCUT2D eigenvalue weighted by atomic mass is 14.9. The fraction of sp³-hybridized carbons (Fsp3) is 0.412. The van der Waals surface area contributed by atoms with Crippen LogP contribution in [0.25, 0.3) is 11.1 Å². The molecule has 1 fully saturated rings. The molecule has 0 radical (unpaired) electrons. The highest BCUT2D eigenvalue weighted by molar-refractivity contribution is 5.70. The van der Waals surface area contributed by atoms with Crippen molar-refractivity contribution in [2.75, 3.05) is 0 Å². The molecule has 1 saturated carbocycles. The van der Waals surface area contributed by atoms with Gasteiger partial charge in [-0.05, 0) is 61.4 Å². The Balaban J connectivity index is 2.15. The normalized spacial score (nSPS) is 16.8. The predicted octanol–water partition coefficient (Wildman–Crippen LogP) is 4.61. The van der Waals surface area contributed by atoms with Crippen LogP contribution in [-0.4, -0.2) is 6.04 Å². The Morgan fingerprint density at radius 3 is 2.50 bits per heavy atom. The lowest BCUT2D eigenvalue weighted by Gasteiger charge is -2.07. The second-order valence-corrected chi connectivity index (χ2v) is 5.14. The summed E-state index contributed by atoms with van der Waals surface area (Å²) in [6, 6.07) is 9.52. The van der Waals surface area contributed by atoms with Gasteiger partial charge < -0.3 is 5.32 Å². The Morgan fingerprint density at radius 1 is 1.22 bits per heavy atom. The van der Waals surface area contributed by atoms with Crippen LogP contribution < -0.4 is 5.32 Å². The molecule has 2 rings (SSSR count). The second kappa shape index (κ2) is 5.90. The average molecular weight is 241 g/mol. The van der Waals surface area contributed by atoms with E-state index < -0.39 is 0 Å². The molecule has 0 aliphatic heterocycles. The highest BCUT2D eigenvalue weighted by Crippen LogP contribution is 2.22. The molecule has 1 aromatic carbocycles. The van der Waals surface area contributed by atoms with Gasteiger partial charge in [0.2, 0.25) is 0 Å². The number of benzene rings is 1. The van der Waals surface area contributed by atoms with E-state index in [9.17, 15) is 0 Å². The maximum Gasteiger partial charge on any atom is 0.0257 e. The molecule has 0 bridgehead atoms. The number of nitrogens with one attached hydrogen (secondary N) is 1. The second-order valence-electron chi connectivity index (χ2n) is 5.14. The van der Waals surface area contributed by atoms with Gasteiger partial charge in [0, 0.05) is 12.2 Å². The lowest BCUT2D eigenvalue weighted by Crippen LogP contribution is -2.07. The summed E-state index contributed by atoms with van der Waals surface area (Å²) < 4.78 is 0. The van der Waals surface area contributed by atoms with Crippen LogP contribution in [0.1, 0.15) is 51.2 Å². The summed E-state index contributed by atoms with van der Waals surface area (Å²) in [7, 11) is 0. The molecule has 0 spiro atoms. The molecule has 0 aromatic heterocycles. The summed E-state index contributed by atoms with van der Waals surface area (Å²) in [5.74, 6) is 0. The average Bonchev–Trinajstić information content (AvgIpc) is 3.20. The van der Waals surface area contributed by atoms with Gasteiger partial charge >= 0.3 is 0 Å². The van der Waals surface area contributed by atoms with Crippen LogP contribution in [0.2, 0.25) is 0 Å². The van der Waals surface area contributed by atoms with E-state index in [1.54, 1.807) is 0 Å². The molecule has 0 saturated heterocycles. The van der Waals surface area contributed by atoms with Crippen molar-refractivity contribution in [3.8, 4) is 0 Å². The fourth-order valence-corrected chi connectivity index (χ4v) is 2.01. The lowest BCUT2D eigenvalue weighted by molar-refractivity contribution is 0.863. The minimum absolute atomic E-state index is 0.727. The largest absolute Gasteiger partial charge is 0.388 e. The summed E-state index contributed by atoms with van der Waals surface area (Å²) in [5, 5.41) is 3.45. The van der Waals surface area contributed by atoms with E-state index in [-0.39, 0.29) is 0 Å². The van der Waals surface area contributed by atoms with Crippen LogP contribution >= 0.6 is 0 Å². The Bertz CT molecular complexity index is 464. The highest BCUT2D eigenvalue weighted by Gasteiger charge is 2.18. The van der Waals surface area contributed by atoms with Gasteiger partial charge in [0.15, 0.2) is 0 Å². The van der Waals surface area contributed by atoms with Crippen molar-refractivity contribution in [3.05, 3.63) is 47.7 Å². The summed E-state index contributed by atoms with van der Waals surface area (Å²) in [6.45, 7) is 6.54. The van der Waals surface area contributed by atoms with E-state index in [4.69, 9.17) is 0 Å². The summed E-state index contributed by atoms with van der Waals surface area (Å²) in [6.07, 6.45) is 8.18. The van der Waals surface area contributed by atoms with Crippen LogP contribution in [0.5, 0.6) is 0 Å². The molecular weight excluding hydrogens is 218 g/mol. The Morgan fingerprint density at radius 2 is 1.89 bits per heavy atom. The van der Waals surface area contributed by atoms with E-state index in [2.05, 4.69) is 62.6 Å². The molecule has 1 N–H and O–H groups in total. The van der Waals surface area contributed by atoms with Crippen LogP contribution in [0.3, 0.4) is 0 Å². The number of hydrogen-bond donors (Lipinski definition) is 1. The molecule has 1 aliphatic carbocycles. The van der Waals surface area contributed by atoms with Gasteiger partial charge in [-0.25, -0.2) is 0 Å². The van der Waals surface area contributed by atoms with Gasteiger partial charge in [0.1, 0.15) is 0 Å². The van der Waals surface area contributed by atoms with Gasteiger partial charge in [-0.3, -0.25) is 0 Å². The minimum Gasteiger partial charge on any atom is -0.388 e. The first-order valence-electron chi connectivity index (χ1n) is 6.91. The first kappa shape index (κ1) is 12.9. The molecule has 0 amide bonds. The molecule has 1 aliphatic rings. The zero-order chi connectivity index (χ0) is 13.0. The van der Waals surface area contributed by atoms with Crippen molar-refractivity contribution >= 4 is 11.1 Å². The Kier molecular flexibility index (Phi) is 4.24. The first-order chi connectivity index (χ1) is 8.70. The molecule has 96 valence electrons. The van der Waals surface area contributed by atoms with Gasteiger partial charge in [-0.2, -0.15) is 0 Å². The summed E-state index contributed by atoms with van der Waals surface area (Å²) in [5.41, 5.74) is 5.31. The summed E-state index contributed by atoms with van der Waals surface area (Å²) in [4.78, 5) is 0. The minimum atomic E-state index is 0.727. The maximum atomic E-state index is 3.45. The topological polar surface area (TPSA) is 12.0 Å². The first-order valence-corrected chi connectivity index (χ1v) is 6.91. The molecule has 0 unspecified atom stereocenters. The monoisotopic (exact) mass is 241 g/mol. The smallest absolute Gasteiger partial charge is 0.0257 e. The Labute approximate surface area is 111 Å². The van der Waals surface area contributed by atoms with Crippen LogP contribution in [0, 0.1) is 0 Å². The van der Waals surface area contributed by atoms with Gasteiger partial charge in [-0.15, -0.1) is 0 Å². The molecule has 0 heterocycles. The molecule has 1 aromatic rings. The number of rotatable bonds is 5. The quantitative estimate of drug-likeness (QED) is 0.793. The van der Waals surface area contributed by atoms with Crippen molar-refractivity contribution in [1.82, 2.24) is 5.32 Å². The van der Waals surface area contributed by atoms with Crippen molar-refractivity contribution in [2.45, 2.75) is 46.1 Å². The maximum absolute atomic E-state index is 3.45. The van der Waals surface area contributed by atoms with Crippen LogP contribution in [-0.2, 0) is 0 Å². The van der Waals surface area contributed by atoms with Crippen molar-refractivity contribution in [2.24, 2.45) is 0 Å². The van der Waals surface area contributed by atoms with E-state index in [0.29, 0.717) is 0 Å². The van der Waals surface area contributed by atoms with Crippen molar-refractivity contribution in [1.29, 1.82) is 0 Å². The van der Waals surface area contributed by atoms with E-state index in [0.717, 1.165) is 12.5 Å².